The lowest BCUT2D eigenvalue weighted by Gasteiger charge is -2.18. The molecule has 0 spiro atoms. The van der Waals surface area contributed by atoms with Crippen LogP contribution in [0.25, 0.3) is 9.40 Å². The van der Waals surface area contributed by atoms with E-state index in [0.29, 0.717) is 4.88 Å². The van der Waals surface area contributed by atoms with Crippen LogP contribution in [0.5, 0.6) is 0 Å². The van der Waals surface area contributed by atoms with Gasteiger partial charge in [0.1, 0.15) is 10.5 Å². The summed E-state index contributed by atoms with van der Waals surface area (Å²) >= 11 is 5.46. The first-order valence-corrected chi connectivity index (χ1v) is 7.54. The first-order valence-electron chi connectivity index (χ1n) is 4.77. The van der Waals surface area contributed by atoms with Gasteiger partial charge >= 0.3 is 5.97 Å². The second kappa shape index (κ2) is 4.27. The molecule has 0 atom stereocenters. The zero-order valence-electron chi connectivity index (χ0n) is 9.17. The summed E-state index contributed by atoms with van der Waals surface area (Å²) in [4.78, 5) is 12.5. The third-order valence-electron chi connectivity index (χ3n) is 1.82. The number of hydrogen-bond acceptors (Lipinski definition) is 4. The summed E-state index contributed by atoms with van der Waals surface area (Å²) in [7, 11) is 0. The molecule has 2 aromatic heterocycles. The van der Waals surface area contributed by atoms with E-state index >= 15 is 0 Å². The van der Waals surface area contributed by atoms with Crippen molar-refractivity contribution in [2.75, 3.05) is 0 Å². The molecule has 16 heavy (non-hydrogen) atoms. The number of ether oxygens (including phenoxy) is 1. The van der Waals surface area contributed by atoms with Gasteiger partial charge in [-0.25, -0.2) is 4.79 Å². The second-order valence-corrected chi connectivity index (χ2v) is 7.75. The van der Waals surface area contributed by atoms with E-state index in [1.165, 1.54) is 18.9 Å². The van der Waals surface area contributed by atoms with Gasteiger partial charge in [-0.05, 0) is 49.4 Å². The summed E-state index contributed by atoms with van der Waals surface area (Å²) in [5.74, 6) is -0.225. The smallest absolute Gasteiger partial charge is 0.348 e. The fourth-order valence-corrected chi connectivity index (χ4v) is 4.42. The Hall–Kier alpha value is -0.140. The molecule has 5 heteroatoms. The summed E-state index contributed by atoms with van der Waals surface area (Å²) in [5, 5.41) is 3.26. The monoisotopic (exact) mass is 366 g/mol. The van der Waals surface area contributed by atoms with Crippen molar-refractivity contribution >= 4 is 60.6 Å². The van der Waals surface area contributed by atoms with Gasteiger partial charge in [0.15, 0.2) is 0 Å². The van der Waals surface area contributed by atoms with Gasteiger partial charge in [0, 0.05) is 14.3 Å². The molecule has 0 amide bonds. The molecule has 0 bridgehead atoms. The zero-order chi connectivity index (χ0) is 11.9. The quantitative estimate of drug-likeness (QED) is 0.548. The Morgan fingerprint density at radius 3 is 2.69 bits per heavy atom. The summed E-state index contributed by atoms with van der Waals surface area (Å²) in [6, 6.07) is 1.92. The second-order valence-electron chi connectivity index (χ2n) is 4.40. The fraction of sp³-hybridized carbons (Fsp3) is 0.364. The maximum atomic E-state index is 11.8. The molecule has 2 rings (SSSR count). The maximum Gasteiger partial charge on any atom is 0.348 e. The normalized spacial score (nSPS) is 12.0. The highest BCUT2D eigenvalue weighted by molar-refractivity contribution is 14.1. The first kappa shape index (κ1) is 12.3. The topological polar surface area (TPSA) is 26.3 Å². The summed E-state index contributed by atoms with van der Waals surface area (Å²) < 4.78 is 7.72. The lowest BCUT2D eigenvalue weighted by molar-refractivity contribution is 0.00753. The highest BCUT2D eigenvalue weighted by atomic mass is 127. The molecule has 0 aliphatic heterocycles. The van der Waals surface area contributed by atoms with E-state index in [1.54, 1.807) is 11.3 Å². The van der Waals surface area contributed by atoms with Crippen LogP contribution in [0.4, 0.5) is 0 Å². The number of thiophene rings is 2. The Bertz CT molecular complexity index is 534. The molecule has 2 nitrogen and oxygen atoms in total. The highest BCUT2D eigenvalue weighted by Crippen LogP contribution is 2.35. The molecule has 2 heterocycles. The number of halogens is 1. The predicted molar refractivity (Wildman–Crippen MR) is 77.6 cm³/mol. The van der Waals surface area contributed by atoms with Crippen molar-refractivity contribution in [1.29, 1.82) is 0 Å². The number of fused-ring (bicyclic) bond motifs is 1. The molecule has 0 aliphatic carbocycles. The predicted octanol–water partition coefficient (Wildman–Crippen LogP) is 4.52. The van der Waals surface area contributed by atoms with Crippen LogP contribution >= 0.6 is 45.3 Å². The molecule has 0 unspecified atom stereocenters. The Balaban J connectivity index is 2.30. The van der Waals surface area contributed by atoms with Gasteiger partial charge in [-0.3, -0.25) is 0 Å². The summed E-state index contributed by atoms with van der Waals surface area (Å²) in [6.45, 7) is 5.64. The van der Waals surface area contributed by atoms with Gasteiger partial charge in [0.2, 0.25) is 0 Å². The number of rotatable bonds is 1. The van der Waals surface area contributed by atoms with Crippen molar-refractivity contribution in [1.82, 2.24) is 0 Å². The van der Waals surface area contributed by atoms with E-state index < -0.39 is 5.60 Å². The lowest BCUT2D eigenvalue weighted by atomic mass is 10.2. The minimum atomic E-state index is -0.429. The zero-order valence-corrected chi connectivity index (χ0v) is 13.0. The Kier molecular flexibility index (Phi) is 3.29. The van der Waals surface area contributed by atoms with Crippen molar-refractivity contribution in [3.05, 3.63) is 19.9 Å². The van der Waals surface area contributed by atoms with Crippen LogP contribution in [0.2, 0.25) is 0 Å². The minimum absolute atomic E-state index is 0.225. The molecule has 0 aliphatic rings. The largest absolute Gasteiger partial charge is 0.456 e. The Labute approximate surface area is 116 Å². The maximum absolute atomic E-state index is 11.8. The van der Waals surface area contributed by atoms with Crippen molar-refractivity contribution in [3.8, 4) is 0 Å². The van der Waals surface area contributed by atoms with Gasteiger partial charge in [0.05, 0.1) is 4.01 Å². The van der Waals surface area contributed by atoms with Crippen LogP contribution in [0.1, 0.15) is 30.4 Å². The van der Waals surface area contributed by atoms with Crippen LogP contribution < -0.4 is 0 Å². The summed E-state index contributed by atoms with van der Waals surface area (Å²) in [5.41, 5.74) is -0.429. The van der Waals surface area contributed by atoms with Gasteiger partial charge in [-0.1, -0.05) is 0 Å². The first-order chi connectivity index (χ1) is 7.37. The van der Waals surface area contributed by atoms with E-state index in [1.807, 2.05) is 26.8 Å². The highest BCUT2D eigenvalue weighted by Gasteiger charge is 2.20. The average molecular weight is 366 g/mol. The molecular weight excluding hydrogens is 355 g/mol. The molecule has 0 saturated heterocycles. The molecule has 0 fully saturated rings. The number of carbonyl (C=O) groups excluding carboxylic acids is 1. The number of hydrogen-bond donors (Lipinski definition) is 0. The van der Waals surface area contributed by atoms with Gasteiger partial charge in [-0.15, -0.1) is 22.7 Å². The SMILES string of the molecule is CC(C)(C)OC(=O)c1cc2c(I)csc2s1. The standard InChI is InChI=1S/C11H11IO2S2/c1-11(2,3)14-9(13)8-4-6-7(12)5-15-10(6)16-8/h4-5H,1-3H3. The van der Waals surface area contributed by atoms with Crippen LogP contribution in [-0.4, -0.2) is 11.6 Å². The Morgan fingerprint density at radius 2 is 2.12 bits per heavy atom. The van der Waals surface area contributed by atoms with E-state index in [-0.39, 0.29) is 5.97 Å². The molecule has 0 radical (unpaired) electrons. The van der Waals surface area contributed by atoms with E-state index in [9.17, 15) is 4.79 Å². The molecule has 86 valence electrons. The van der Waals surface area contributed by atoms with Crippen LogP contribution in [0, 0.1) is 3.57 Å². The average Bonchev–Trinajstić information content (AvgIpc) is 2.65. The number of carbonyl (C=O) groups is 1. The molecule has 2 aromatic rings. The molecule has 0 N–H and O–H groups in total. The lowest BCUT2D eigenvalue weighted by Crippen LogP contribution is -2.23. The van der Waals surface area contributed by atoms with Gasteiger partial charge in [-0.2, -0.15) is 0 Å². The molecule has 0 aromatic carbocycles. The van der Waals surface area contributed by atoms with Crippen LogP contribution in [-0.2, 0) is 4.74 Å². The molecule has 0 saturated carbocycles. The molecular formula is C11H11IO2S2. The van der Waals surface area contributed by atoms with E-state index in [2.05, 4.69) is 28.0 Å². The van der Waals surface area contributed by atoms with Crippen molar-refractivity contribution in [2.24, 2.45) is 0 Å². The van der Waals surface area contributed by atoms with Crippen LogP contribution in [0.15, 0.2) is 11.4 Å². The van der Waals surface area contributed by atoms with Gasteiger partial charge < -0.3 is 4.74 Å². The number of esters is 1. The third kappa shape index (κ3) is 2.57. The van der Waals surface area contributed by atoms with E-state index in [0.717, 1.165) is 5.39 Å². The fourth-order valence-electron chi connectivity index (χ4n) is 1.23. The van der Waals surface area contributed by atoms with Crippen molar-refractivity contribution in [2.45, 2.75) is 26.4 Å². The summed E-state index contributed by atoms with van der Waals surface area (Å²) in [6.07, 6.45) is 0. The van der Waals surface area contributed by atoms with E-state index in [4.69, 9.17) is 4.74 Å². The van der Waals surface area contributed by atoms with Gasteiger partial charge in [0.25, 0.3) is 0 Å². The van der Waals surface area contributed by atoms with Crippen LogP contribution in [0.3, 0.4) is 0 Å². The minimum Gasteiger partial charge on any atom is -0.456 e. The Morgan fingerprint density at radius 1 is 1.44 bits per heavy atom. The van der Waals surface area contributed by atoms with Crippen molar-refractivity contribution < 1.29 is 9.53 Å². The van der Waals surface area contributed by atoms with Crippen molar-refractivity contribution in [3.63, 3.8) is 0 Å². The third-order valence-corrected chi connectivity index (χ3v) is 5.38.